The van der Waals surface area contributed by atoms with Gasteiger partial charge < -0.3 is 10.2 Å². The van der Waals surface area contributed by atoms with Gasteiger partial charge in [0.15, 0.2) is 0 Å². The second kappa shape index (κ2) is 8.75. The Bertz CT molecular complexity index is 918. The van der Waals surface area contributed by atoms with Crippen molar-refractivity contribution < 1.29 is 13.2 Å². The molecule has 3 rings (SSSR count). The molecular weight excluding hydrogens is 374 g/mol. The van der Waals surface area contributed by atoms with Crippen molar-refractivity contribution in [1.29, 1.82) is 0 Å². The minimum absolute atomic E-state index is 0.164. The summed E-state index contributed by atoms with van der Waals surface area (Å²) >= 11 is 0. The SMILES string of the molecule is CN(C)c1ccc(C(=O)NCc2ccccc2S(=O)(=O)N2CCCCC2)cc1. The molecular formula is C21H27N3O3S. The molecule has 1 aliphatic heterocycles. The van der Waals surface area contributed by atoms with Gasteiger partial charge in [-0.1, -0.05) is 24.6 Å². The van der Waals surface area contributed by atoms with Gasteiger partial charge in [0.25, 0.3) is 5.91 Å². The molecule has 6 nitrogen and oxygen atoms in total. The molecule has 0 atom stereocenters. The summed E-state index contributed by atoms with van der Waals surface area (Å²) in [4.78, 5) is 14.7. The monoisotopic (exact) mass is 401 g/mol. The highest BCUT2D eigenvalue weighted by molar-refractivity contribution is 7.89. The Morgan fingerprint density at radius 3 is 2.29 bits per heavy atom. The van der Waals surface area contributed by atoms with Crippen molar-refractivity contribution >= 4 is 21.6 Å². The van der Waals surface area contributed by atoms with Crippen LogP contribution in [0.15, 0.2) is 53.4 Å². The fraction of sp³-hybridized carbons (Fsp3) is 0.381. The van der Waals surface area contributed by atoms with Crippen molar-refractivity contribution in [2.24, 2.45) is 0 Å². The Morgan fingerprint density at radius 1 is 1.00 bits per heavy atom. The molecule has 1 saturated heterocycles. The van der Waals surface area contributed by atoms with E-state index in [4.69, 9.17) is 0 Å². The number of benzene rings is 2. The first-order valence-corrected chi connectivity index (χ1v) is 11.0. The maximum atomic E-state index is 13.0. The van der Waals surface area contributed by atoms with Gasteiger partial charge in [0.1, 0.15) is 0 Å². The third-order valence-corrected chi connectivity index (χ3v) is 6.99. The van der Waals surface area contributed by atoms with Crippen molar-refractivity contribution in [3.05, 3.63) is 59.7 Å². The van der Waals surface area contributed by atoms with Gasteiger partial charge in [-0.25, -0.2) is 8.42 Å². The fourth-order valence-corrected chi connectivity index (χ4v) is 5.07. The van der Waals surface area contributed by atoms with Crippen molar-refractivity contribution in [3.63, 3.8) is 0 Å². The third-order valence-electron chi connectivity index (χ3n) is 4.99. The van der Waals surface area contributed by atoms with Gasteiger partial charge in [-0.05, 0) is 48.7 Å². The highest BCUT2D eigenvalue weighted by atomic mass is 32.2. The lowest BCUT2D eigenvalue weighted by Gasteiger charge is -2.26. The predicted octanol–water partition coefficient (Wildman–Crippen LogP) is 2.86. The molecule has 0 radical (unpaired) electrons. The Hall–Kier alpha value is -2.38. The molecule has 0 spiro atoms. The van der Waals surface area contributed by atoms with E-state index in [-0.39, 0.29) is 17.3 Å². The average molecular weight is 402 g/mol. The highest BCUT2D eigenvalue weighted by Crippen LogP contribution is 2.23. The van der Waals surface area contributed by atoms with Gasteiger partial charge in [-0.3, -0.25) is 4.79 Å². The van der Waals surface area contributed by atoms with Crippen LogP contribution in [0.2, 0.25) is 0 Å². The van der Waals surface area contributed by atoms with E-state index in [2.05, 4.69) is 5.32 Å². The van der Waals surface area contributed by atoms with Crippen LogP contribution in [0.3, 0.4) is 0 Å². The van der Waals surface area contributed by atoms with Crippen LogP contribution in [0.5, 0.6) is 0 Å². The highest BCUT2D eigenvalue weighted by Gasteiger charge is 2.27. The molecule has 150 valence electrons. The molecule has 0 aliphatic carbocycles. The largest absolute Gasteiger partial charge is 0.378 e. The van der Waals surface area contributed by atoms with Crippen LogP contribution in [0.1, 0.15) is 35.2 Å². The smallest absolute Gasteiger partial charge is 0.251 e. The number of rotatable bonds is 6. The summed E-state index contributed by atoms with van der Waals surface area (Å²) in [7, 11) is 0.335. The molecule has 0 bridgehead atoms. The summed E-state index contributed by atoms with van der Waals surface area (Å²) < 4.78 is 27.6. The predicted molar refractivity (Wildman–Crippen MR) is 111 cm³/mol. The number of sulfonamides is 1. The number of hydrogen-bond donors (Lipinski definition) is 1. The lowest BCUT2D eigenvalue weighted by atomic mass is 10.1. The molecule has 1 heterocycles. The Labute approximate surface area is 167 Å². The topological polar surface area (TPSA) is 69.7 Å². The zero-order valence-corrected chi connectivity index (χ0v) is 17.2. The minimum atomic E-state index is -3.54. The summed E-state index contributed by atoms with van der Waals surface area (Å²) in [6, 6.07) is 14.2. The third kappa shape index (κ3) is 4.54. The van der Waals surface area contributed by atoms with E-state index in [1.807, 2.05) is 31.1 Å². The molecule has 0 unspecified atom stereocenters. The molecule has 2 aromatic carbocycles. The van der Waals surface area contributed by atoms with E-state index in [0.29, 0.717) is 24.2 Å². The average Bonchev–Trinajstić information content (AvgIpc) is 2.73. The number of carbonyl (C=O) groups is 1. The van der Waals surface area contributed by atoms with Gasteiger partial charge in [-0.2, -0.15) is 4.31 Å². The molecule has 1 aliphatic rings. The van der Waals surface area contributed by atoms with Crippen LogP contribution in [-0.4, -0.2) is 45.8 Å². The number of hydrogen-bond acceptors (Lipinski definition) is 4. The number of anilines is 1. The van der Waals surface area contributed by atoms with Gasteiger partial charge in [0.2, 0.25) is 10.0 Å². The summed E-state index contributed by atoms with van der Waals surface area (Å²) in [5, 5.41) is 2.84. The van der Waals surface area contributed by atoms with Crippen molar-refractivity contribution in [2.75, 3.05) is 32.1 Å². The maximum Gasteiger partial charge on any atom is 0.251 e. The lowest BCUT2D eigenvalue weighted by Crippen LogP contribution is -2.36. The van der Waals surface area contributed by atoms with Gasteiger partial charge in [0, 0.05) is 45.0 Å². The summed E-state index contributed by atoms with van der Waals surface area (Å²) in [5.41, 5.74) is 2.16. The molecule has 1 fully saturated rings. The van der Waals surface area contributed by atoms with E-state index in [0.717, 1.165) is 24.9 Å². The molecule has 28 heavy (non-hydrogen) atoms. The summed E-state index contributed by atoms with van der Waals surface area (Å²) in [5.74, 6) is -0.226. The van der Waals surface area contributed by atoms with Crippen LogP contribution in [0, 0.1) is 0 Å². The second-order valence-electron chi connectivity index (χ2n) is 7.20. The van der Waals surface area contributed by atoms with Gasteiger partial charge in [-0.15, -0.1) is 0 Å². The van der Waals surface area contributed by atoms with Crippen molar-refractivity contribution in [2.45, 2.75) is 30.7 Å². The van der Waals surface area contributed by atoms with E-state index >= 15 is 0 Å². The van der Waals surface area contributed by atoms with E-state index in [1.54, 1.807) is 40.7 Å². The van der Waals surface area contributed by atoms with Crippen LogP contribution in [0.25, 0.3) is 0 Å². The van der Waals surface area contributed by atoms with Crippen LogP contribution in [0.4, 0.5) is 5.69 Å². The summed E-state index contributed by atoms with van der Waals surface area (Å²) in [6.07, 6.45) is 2.85. The van der Waals surface area contributed by atoms with Gasteiger partial charge in [0.05, 0.1) is 4.90 Å². The van der Waals surface area contributed by atoms with Crippen LogP contribution >= 0.6 is 0 Å². The molecule has 0 aromatic heterocycles. The number of amides is 1. The van der Waals surface area contributed by atoms with E-state index < -0.39 is 10.0 Å². The first kappa shape index (κ1) is 20.4. The Balaban J connectivity index is 1.73. The molecule has 2 aromatic rings. The van der Waals surface area contributed by atoms with Crippen LogP contribution in [-0.2, 0) is 16.6 Å². The molecule has 0 saturated carbocycles. The van der Waals surface area contributed by atoms with Gasteiger partial charge >= 0.3 is 0 Å². The zero-order chi connectivity index (χ0) is 20.1. The minimum Gasteiger partial charge on any atom is -0.378 e. The second-order valence-corrected chi connectivity index (χ2v) is 9.10. The lowest BCUT2D eigenvalue weighted by molar-refractivity contribution is 0.0950. The number of piperidine rings is 1. The first-order chi connectivity index (χ1) is 13.4. The standard InChI is InChI=1S/C21H27N3O3S/c1-23(2)19-12-10-17(11-13-19)21(25)22-16-18-8-4-5-9-20(18)28(26,27)24-14-6-3-7-15-24/h4-5,8-13H,3,6-7,14-16H2,1-2H3,(H,22,25). The normalized spacial score (nSPS) is 15.2. The van der Waals surface area contributed by atoms with E-state index in [9.17, 15) is 13.2 Å². The molecule has 7 heteroatoms. The summed E-state index contributed by atoms with van der Waals surface area (Å²) in [6.45, 7) is 1.28. The number of carbonyl (C=O) groups excluding carboxylic acids is 1. The van der Waals surface area contributed by atoms with Crippen molar-refractivity contribution in [3.8, 4) is 0 Å². The first-order valence-electron chi connectivity index (χ1n) is 9.53. The number of nitrogens with zero attached hydrogens (tertiary/aromatic N) is 2. The number of nitrogens with one attached hydrogen (secondary N) is 1. The maximum absolute atomic E-state index is 13.0. The van der Waals surface area contributed by atoms with Crippen LogP contribution < -0.4 is 10.2 Å². The quantitative estimate of drug-likeness (QED) is 0.808. The van der Waals surface area contributed by atoms with E-state index in [1.165, 1.54) is 0 Å². The Morgan fingerprint density at radius 2 is 1.64 bits per heavy atom. The van der Waals surface area contributed by atoms with Crippen molar-refractivity contribution in [1.82, 2.24) is 9.62 Å². The molecule has 1 N–H and O–H groups in total. The zero-order valence-electron chi connectivity index (χ0n) is 16.4. The molecule has 1 amide bonds. The fourth-order valence-electron chi connectivity index (χ4n) is 3.33. The Kier molecular flexibility index (Phi) is 6.36.